The van der Waals surface area contributed by atoms with Crippen LogP contribution in [0.15, 0.2) is 23.1 Å². The van der Waals surface area contributed by atoms with Crippen LogP contribution >= 0.6 is 11.6 Å². The zero-order chi connectivity index (χ0) is 13.3. The molecule has 0 radical (unpaired) electrons. The Morgan fingerprint density at radius 2 is 2.28 bits per heavy atom. The normalized spacial score (nSPS) is 24.1. The summed E-state index contributed by atoms with van der Waals surface area (Å²) in [7, 11) is -1.14. The number of nitrogen functional groups attached to an aromatic ring is 1. The predicted octanol–water partition coefficient (Wildman–Crippen LogP) is 2.99. The Hall–Kier alpha value is -0.580. The molecule has 0 amide bonds. The van der Waals surface area contributed by atoms with Gasteiger partial charge in [0, 0.05) is 5.69 Å². The highest BCUT2D eigenvalue weighted by molar-refractivity contribution is 7.85. The summed E-state index contributed by atoms with van der Waals surface area (Å²) in [5.74, 6) is 0.493. The van der Waals surface area contributed by atoms with Crippen LogP contribution in [0.1, 0.15) is 26.7 Å². The number of nitrogens with two attached hydrogens (primary N) is 1. The number of hydrogen-bond acceptors (Lipinski definition) is 3. The highest BCUT2D eigenvalue weighted by Crippen LogP contribution is 2.31. The first-order valence-corrected chi connectivity index (χ1v) is 7.68. The van der Waals surface area contributed by atoms with Crippen molar-refractivity contribution < 1.29 is 8.95 Å². The summed E-state index contributed by atoms with van der Waals surface area (Å²) in [6.07, 6.45) is 2.00. The molecule has 1 fully saturated rings. The van der Waals surface area contributed by atoms with E-state index in [-0.39, 0.29) is 11.7 Å². The average Bonchev–Trinajstić information content (AvgIpc) is 2.57. The van der Waals surface area contributed by atoms with Gasteiger partial charge in [0.1, 0.15) is 0 Å². The Labute approximate surface area is 115 Å². The molecule has 3 nitrogen and oxygen atoms in total. The lowest BCUT2D eigenvalue weighted by Gasteiger charge is -2.19. The van der Waals surface area contributed by atoms with E-state index in [4.69, 9.17) is 22.1 Å². The maximum Gasteiger partial charge on any atom is 0.0702 e. The number of benzene rings is 1. The molecule has 2 unspecified atom stereocenters. The van der Waals surface area contributed by atoms with Crippen molar-refractivity contribution in [2.45, 2.75) is 43.3 Å². The predicted molar refractivity (Wildman–Crippen MR) is 75.3 cm³/mol. The van der Waals surface area contributed by atoms with Crippen LogP contribution < -0.4 is 5.73 Å². The van der Waals surface area contributed by atoms with E-state index in [9.17, 15) is 4.21 Å². The molecule has 5 heteroatoms. The number of hydrogen-bond donors (Lipinski definition) is 1. The molecule has 1 aromatic carbocycles. The van der Waals surface area contributed by atoms with Crippen LogP contribution in [0.4, 0.5) is 5.69 Å². The van der Waals surface area contributed by atoms with Gasteiger partial charge in [0.05, 0.1) is 38.2 Å². The van der Waals surface area contributed by atoms with Crippen LogP contribution in [0.3, 0.4) is 0 Å². The monoisotopic (exact) mass is 287 g/mol. The smallest absolute Gasteiger partial charge is 0.0702 e. The van der Waals surface area contributed by atoms with Gasteiger partial charge in [-0.3, -0.25) is 4.21 Å². The first kappa shape index (κ1) is 13.8. The molecule has 0 aromatic heterocycles. The van der Waals surface area contributed by atoms with Gasteiger partial charge in [-0.05, 0) is 44.9 Å². The summed E-state index contributed by atoms with van der Waals surface area (Å²) in [5, 5.41) is 0.464. The van der Waals surface area contributed by atoms with E-state index in [1.807, 2.05) is 0 Å². The van der Waals surface area contributed by atoms with Crippen molar-refractivity contribution in [3.05, 3.63) is 23.2 Å². The van der Waals surface area contributed by atoms with E-state index in [0.717, 1.165) is 12.8 Å². The molecule has 2 rings (SSSR count). The molecule has 1 saturated heterocycles. The largest absolute Gasteiger partial charge is 0.399 e. The van der Waals surface area contributed by atoms with Gasteiger partial charge in [-0.25, -0.2) is 0 Å². The summed E-state index contributed by atoms with van der Waals surface area (Å²) >= 11 is 6.05. The zero-order valence-electron chi connectivity index (χ0n) is 10.6. The molecule has 0 spiro atoms. The van der Waals surface area contributed by atoms with Gasteiger partial charge in [0.25, 0.3) is 0 Å². The first-order valence-electron chi connectivity index (χ1n) is 5.99. The van der Waals surface area contributed by atoms with E-state index in [0.29, 0.717) is 21.4 Å². The summed E-state index contributed by atoms with van der Waals surface area (Å²) in [4.78, 5) is 0.638. The van der Waals surface area contributed by atoms with E-state index in [1.54, 1.807) is 18.2 Å². The third-order valence-corrected chi connectivity index (χ3v) is 5.04. The molecular formula is C13H18ClNO2S. The van der Waals surface area contributed by atoms with Gasteiger partial charge in [-0.2, -0.15) is 0 Å². The number of halogens is 1. The summed E-state index contributed by atoms with van der Waals surface area (Å²) in [6.45, 7) is 4.12. The van der Waals surface area contributed by atoms with Crippen LogP contribution in [0.25, 0.3) is 0 Å². The maximum atomic E-state index is 12.2. The highest BCUT2D eigenvalue weighted by Gasteiger charge is 2.32. The minimum Gasteiger partial charge on any atom is -0.399 e. The molecule has 0 bridgehead atoms. The summed E-state index contributed by atoms with van der Waals surface area (Å²) in [5.41, 5.74) is 6.10. The van der Waals surface area contributed by atoms with Gasteiger partial charge < -0.3 is 10.5 Å². The first-order chi connectivity index (χ1) is 8.37. The Bertz CT molecular complexity index is 476. The standard InChI is InChI=1S/C13H18ClNO2S/c1-13(2)6-5-10(17-13)8-18(16)12-4-3-9(15)7-11(12)14/h3-4,7,10H,5-6,8,15H2,1-2H3. The maximum absolute atomic E-state index is 12.2. The molecule has 18 heavy (non-hydrogen) atoms. The Morgan fingerprint density at radius 3 is 2.83 bits per heavy atom. The van der Waals surface area contributed by atoms with Crippen LogP contribution in [-0.2, 0) is 15.5 Å². The third-order valence-electron chi connectivity index (χ3n) is 3.09. The second kappa shape index (κ2) is 5.19. The lowest BCUT2D eigenvalue weighted by molar-refractivity contribution is -0.00498. The minimum atomic E-state index is -1.14. The Morgan fingerprint density at radius 1 is 1.56 bits per heavy atom. The van der Waals surface area contributed by atoms with Crippen molar-refractivity contribution in [2.24, 2.45) is 0 Å². The van der Waals surface area contributed by atoms with E-state index < -0.39 is 10.8 Å². The third kappa shape index (κ3) is 3.25. The molecule has 1 aliphatic rings. The molecule has 2 atom stereocenters. The van der Waals surface area contributed by atoms with Crippen molar-refractivity contribution in [1.82, 2.24) is 0 Å². The Kier molecular flexibility index (Phi) is 3.99. The average molecular weight is 288 g/mol. The van der Waals surface area contributed by atoms with E-state index >= 15 is 0 Å². The molecule has 1 aromatic rings. The SMILES string of the molecule is CC1(C)CCC(CS(=O)c2ccc(N)cc2Cl)O1. The van der Waals surface area contributed by atoms with E-state index in [2.05, 4.69) is 13.8 Å². The van der Waals surface area contributed by atoms with Gasteiger partial charge in [-0.15, -0.1) is 0 Å². The minimum absolute atomic E-state index is 0.0504. The fourth-order valence-corrected chi connectivity index (χ4v) is 3.85. The molecule has 1 heterocycles. The number of ether oxygens (including phenoxy) is 1. The lowest BCUT2D eigenvalue weighted by Crippen LogP contribution is -2.23. The van der Waals surface area contributed by atoms with Gasteiger partial charge in [-0.1, -0.05) is 11.6 Å². The van der Waals surface area contributed by atoms with Crippen molar-refractivity contribution in [1.29, 1.82) is 0 Å². The summed E-state index contributed by atoms with van der Waals surface area (Å²) < 4.78 is 18.1. The van der Waals surface area contributed by atoms with Crippen LogP contribution in [-0.4, -0.2) is 21.7 Å². The van der Waals surface area contributed by atoms with E-state index in [1.165, 1.54) is 0 Å². The molecule has 0 saturated carbocycles. The van der Waals surface area contributed by atoms with Gasteiger partial charge >= 0.3 is 0 Å². The van der Waals surface area contributed by atoms with Crippen molar-refractivity contribution in [3.63, 3.8) is 0 Å². The van der Waals surface area contributed by atoms with Crippen molar-refractivity contribution >= 4 is 28.1 Å². The number of rotatable bonds is 3. The molecule has 1 aliphatic heterocycles. The summed E-state index contributed by atoms with van der Waals surface area (Å²) in [6, 6.07) is 5.08. The highest BCUT2D eigenvalue weighted by atomic mass is 35.5. The fourth-order valence-electron chi connectivity index (χ4n) is 2.16. The van der Waals surface area contributed by atoms with Crippen molar-refractivity contribution in [3.8, 4) is 0 Å². The van der Waals surface area contributed by atoms with Crippen LogP contribution in [0.2, 0.25) is 5.02 Å². The second-order valence-corrected chi connectivity index (χ2v) is 7.11. The van der Waals surface area contributed by atoms with Gasteiger partial charge in [0.2, 0.25) is 0 Å². The topological polar surface area (TPSA) is 52.3 Å². The molecule has 0 aliphatic carbocycles. The quantitative estimate of drug-likeness (QED) is 0.870. The molecule has 2 N–H and O–H groups in total. The van der Waals surface area contributed by atoms with Crippen LogP contribution in [0.5, 0.6) is 0 Å². The van der Waals surface area contributed by atoms with Crippen molar-refractivity contribution in [2.75, 3.05) is 11.5 Å². The molecular weight excluding hydrogens is 270 g/mol. The van der Waals surface area contributed by atoms with Crippen LogP contribution in [0, 0.1) is 0 Å². The van der Waals surface area contributed by atoms with Gasteiger partial charge in [0.15, 0.2) is 0 Å². The molecule has 100 valence electrons. The zero-order valence-corrected chi connectivity index (χ0v) is 12.2. The fraction of sp³-hybridized carbons (Fsp3) is 0.538. The Balaban J connectivity index is 2.04. The number of anilines is 1. The second-order valence-electron chi connectivity index (χ2n) is 5.24. The lowest BCUT2D eigenvalue weighted by atomic mass is 10.1.